The van der Waals surface area contributed by atoms with Gasteiger partial charge in [0, 0.05) is 5.38 Å². The van der Waals surface area contributed by atoms with Crippen LogP contribution in [0.1, 0.15) is 46.2 Å². The van der Waals surface area contributed by atoms with E-state index in [1.165, 1.54) is 11.3 Å². The van der Waals surface area contributed by atoms with E-state index in [2.05, 4.69) is 24.1 Å². The third-order valence-corrected chi connectivity index (χ3v) is 2.77. The minimum Gasteiger partial charge on any atom is -0.366 e. The second-order valence-electron chi connectivity index (χ2n) is 5.18. The smallest absolute Gasteiger partial charge is 0.252 e. The lowest BCUT2D eigenvalue weighted by Crippen LogP contribution is -2.27. The first-order chi connectivity index (χ1) is 7.78. The molecule has 1 aromatic rings. The molecule has 1 N–H and O–H groups in total. The fourth-order valence-electron chi connectivity index (χ4n) is 1.05. The van der Waals surface area contributed by atoms with Gasteiger partial charge in [0.25, 0.3) is 5.91 Å². The first kappa shape index (κ1) is 14.1. The first-order valence-corrected chi connectivity index (χ1v) is 6.55. The van der Waals surface area contributed by atoms with Crippen LogP contribution >= 0.6 is 11.3 Å². The number of aromatic nitrogens is 1. The van der Waals surface area contributed by atoms with Crippen molar-refractivity contribution < 1.29 is 9.53 Å². The summed E-state index contributed by atoms with van der Waals surface area (Å²) in [5, 5.41) is 5.33. The largest absolute Gasteiger partial charge is 0.366 e. The van der Waals surface area contributed by atoms with Crippen LogP contribution in [0, 0.1) is 0 Å². The fraction of sp³-hybridized carbons (Fsp3) is 0.667. The molecule has 1 aromatic heterocycles. The van der Waals surface area contributed by atoms with Gasteiger partial charge in [-0.05, 0) is 26.7 Å². The van der Waals surface area contributed by atoms with E-state index in [0.29, 0.717) is 11.0 Å². The van der Waals surface area contributed by atoms with Crippen LogP contribution in [0.5, 0.6) is 0 Å². The van der Waals surface area contributed by atoms with Gasteiger partial charge in [-0.25, -0.2) is 4.98 Å². The summed E-state index contributed by atoms with van der Waals surface area (Å²) < 4.78 is 5.38. The minimum absolute atomic E-state index is 0.0556. The number of nitrogens with one attached hydrogen (secondary N) is 1. The zero-order chi connectivity index (χ0) is 13.1. The Morgan fingerprint density at radius 2 is 2.18 bits per heavy atom. The van der Waals surface area contributed by atoms with Crippen LogP contribution in [0.3, 0.4) is 0 Å². The highest BCUT2D eigenvalue weighted by atomic mass is 32.1. The number of ether oxygens (including phenoxy) is 1. The lowest BCUT2D eigenvalue weighted by molar-refractivity contribution is -0.125. The fourth-order valence-corrected chi connectivity index (χ4v) is 1.93. The average Bonchev–Trinajstić information content (AvgIpc) is 2.62. The number of thiazole rings is 1. The molecule has 1 rings (SSSR count). The van der Waals surface area contributed by atoms with Gasteiger partial charge in [0.05, 0.1) is 11.3 Å². The third-order valence-electron chi connectivity index (χ3n) is 2.00. The lowest BCUT2D eigenvalue weighted by Gasteiger charge is -2.18. The molecule has 5 heteroatoms. The molecule has 0 spiro atoms. The van der Waals surface area contributed by atoms with Gasteiger partial charge < -0.3 is 4.74 Å². The Bertz CT molecular complexity index is 380. The number of hydrogen-bond acceptors (Lipinski definition) is 4. The van der Waals surface area contributed by atoms with E-state index in [1.807, 2.05) is 26.2 Å². The van der Waals surface area contributed by atoms with Gasteiger partial charge in [0.2, 0.25) is 0 Å². The third kappa shape index (κ3) is 5.28. The van der Waals surface area contributed by atoms with Crippen molar-refractivity contribution in [2.75, 3.05) is 11.9 Å². The normalized spacial score (nSPS) is 11.9. The molecule has 0 aliphatic carbocycles. The van der Waals surface area contributed by atoms with Gasteiger partial charge >= 0.3 is 0 Å². The number of amides is 1. The number of nitrogens with zero attached hydrogens (tertiary/aromatic N) is 1. The molecule has 0 saturated heterocycles. The molecule has 0 radical (unpaired) electrons. The zero-order valence-electron chi connectivity index (χ0n) is 11.0. The summed E-state index contributed by atoms with van der Waals surface area (Å²) >= 11 is 1.44. The van der Waals surface area contributed by atoms with Gasteiger partial charge in [-0.15, -0.1) is 11.3 Å². The van der Waals surface area contributed by atoms with Crippen LogP contribution in [0.4, 0.5) is 5.13 Å². The summed E-state index contributed by atoms with van der Waals surface area (Å²) in [5.74, 6) is 0.215. The molecule has 1 amide bonds. The highest BCUT2D eigenvalue weighted by Gasteiger charge is 2.14. The van der Waals surface area contributed by atoms with E-state index in [-0.39, 0.29) is 18.1 Å². The van der Waals surface area contributed by atoms with Crippen LogP contribution in [-0.2, 0) is 9.53 Å². The Labute approximate surface area is 106 Å². The van der Waals surface area contributed by atoms with Gasteiger partial charge in [-0.3, -0.25) is 10.1 Å². The molecular weight excluding hydrogens is 236 g/mol. The minimum atomic E-state index is -0.302. The molecule has 17 heavy (non-hydrogen) atoms. The SMILES string of the molecule is CC(C)c1csc(NC(=O)COC(C)(C)C)n1. The van der Waals surface area contributed by atoms with Gasteiger partial charge in [-0.2, -0.15) is 0 Å². The quantitative estimate of drug-likeness (QED) is 0.901. The van der Waals surface area contributed by atoms with Crippen molar-refractivity contribution in [1.82, 2.24) is 4.98 Å². The van der Waals surface area contributed by atoms with E-state index in [0.717, 1.165) is 5.69 Å². The predicted molar refractivity (Wildman–Crippen MR) is 70.5 cm³/mol. The molecule has 1 heterocycles. The second-order valence-corrected chi connectivity index (χ2v) is 6.04. The molecular formula is C12H20N2O2S. The summed E-state index contributed by atoms with van der Waals surface area (Å²) in [4.78, 5) is 15.9. The Morgan fingerprint density at radius 1 is 1.53 bits per heavy atom. The van der Waals surface area contributed by atoms with Crippen LogP contribution in [-0.4, -0.2) is 23.1 Å². The van der Waals surface area contributed by atoms with Crippen molar-refractivity contribution in [1.29, 1.82) is 0 Å². The van der Waals surface area contributed by atoms with Crippen molar-refractivity contribution in [2.45, 2.75) is 46.1 Å². The van der Waals surface area contributed by atoms with E-state index < -0.39 is 0 Å². The number of carbonyl (C=O) groups excluding carboxylic acids is 1. The summed E-state index contributed by atoms with van der Waals surface area (Å²) in [6.07, 6.45) is 0. The Morgan fingerprint density at radius 3 is 2.65 bits per heavy atom. The van der Waals surface area contributed by atoms with Crippen molar-refractivity contribution >= 4 is 22.4 Å². The Balaban J connectivity index is 2.45. The molecule has 0 aromatic carbocycles. The molecule has 0 aliphatic rings. The standard InChI is InChI=1S/C12H20N2O2S/c1-8(2)9-7-17-11(13-9)14-10(15)6-16-12(3,4)5/h7-8H,6H2,1-5H3,(H,13,14,15). The molecule has 0 atom stereocenters. The summed E-state index contributed by atoms with van der Waals surface area (Å²) in [6.45, 7) is 9.95. The van der Waals surface area contributed by atoms with Crippen LogP contribution in [0.15, 0.2) is 5.38 Å². The van der Waals surface area contributed by atoms with Crippen molar-refractivity contribution in [3.63, 3.8) is 0 Å². The van der Waals surface area contributed by atoms with Gasteiger partial charge in [0.15, 0.2) is 5.13 Å². The second kappa shape index (κ2) is 5.60. The molecule has 0 unspecified atom stereocenters. The topological polar surface area (TPSA) is 51.2 Å². The maximum absolute atomic E-state index is 11.6. The predicted octanol–water partition coefficient (Wildman–Crippen LogP) is 3.02. The Hall–Kier alpha value is -0.940. The molecule has 0 saturated carbocycles. The van der Waals surface area contributed by atoms with Crippen molar-refractivity contribution in [3.8, 4) is 0 Å². The highest BCUT2D eigenvalue weighted by molar-refractivity contribution is 7.13. The van der Waals surface area contributed by atoms with Crippen molar-refractivity contribution in [3.05, 3.63) is 11.1 Å². The van der Waals surface area contributed by atoms with E-state index in [1.54, 1.807) is 0 Å². The maximum Gasteiger partial charge on any atom is 0.252 e. The van der Waals surface area contributed by atoms with Crippen LogP contribution < -0.4 is 5.32 Å². The molecule has 0 fully saturated rings. The van der Waals surface area contributed by atoms with Gasteiger partial charge in [0.1, 0.15) is 6.61 Å². The van der Waals surface area contributed by atoms with Crippen LogP contribution in [0.2, 0.25) is 0 Å². The van der Waals surface area contributed by atoms with E-state index in [9.17, 15) is 4.79 Å². The lowest BCUT2D eigenvalue weighted by atomic mass is 10.2. The van der Waals surface area contributed by atoms with E-state index in [4.69, 9.17) is 4.74 Å². The molecule has 4 nitrogen and oxygen atoms in total. The highest BCUT2D eigenvalue weighted by Crippen LogP contribution is 2.21. The van der Waals surface area contributed by atoms with Crippen molar-refractivity contribution in [2.24, 2.45) is 0 Å². The number of rotatable bonds is 4. The first-order valence-electron chi connectivity index (χ1n) is 5.67. The molecule has 0 aliphatic heterocycles. The van der Waals surface area contributed by atoms with Gasteiger partial charge in [-0.1, -0.05) is 13.8 Å². The molecule has 0 bridgehead atoms. The summed E-state index contributed by atoms with van der Waals surface area (Å²) in [5.41, 5.74) is 0.700. The summed E-state index contributed by atoms with van der Waals surface area (Å²) in [7, 11) is 0. The number of anilines is 1. The Kier molecular flexibility index (Phi) is 4.65. The zero-order valence-corrected chi connectivity index (χ0v) is 11.9. The van der Waals surface area contributed by atoms with E-state index >= 15 is 0 Å². The van der Waals surface area contributed by atoms with Crippen LogP contribution in [0.25, 0.3) is 0 Å². The summed E-state index contributed by atoms with van der Waals surface area (Å²) in [6, 6.07) is 0. The maximum atomic E-state index is 11.6. The number of carbonyl (C=O) groups is 1. The monoisotopic (exact) mass is 256 g/mol. The number of hydrogen-bond donors (Lipinski definition) is 1. The average molecular weight is 256 g/mol. The molecule has 96 valence electrons.